The molecule has 1 aliphatic heterocycles. The van der Waals surface area contributed by atoms with E-state index in [2.05, 4.69) is 0 Å². The Morgan fingerprint density at radius 2 is 1.68 bits per heavy atom. The van der Waals surface area contributed by atoms with Gasteiger partial charge in [-0.25, -0.2) is 17.2 Å². The fourth-order valence-corrected chi connectivity index (χ4v) is 4.51. The lowest BCUT2D eigenvalue weighted by atomic mass is 10.1. The summed E-state index contributed by atoms with van der Waals surface area (Å²) < 4.78 is 58.2. The Bertz CT molecular complexity index is 1000. The Morgan fingerprint density at radius 3 is 2.29 bits per heavy atom. The van der Waals surface area contributed by atoms with Crippen molar-refractivity contribution in [3.8, 4) is 5.75 Å². The van der Waals surface area contributed by atoms with Gasteiger partial charge in [-0.3, -0.25) is 4.79 Å². The second-order valence-corrected chi connectivity index (χ2v) is 8.41. The van der Waals surface area contributed by atoms with Crippen LogP contribution in [0.5, 0.6) is 5.75 Å². The van der Waals surface area contributed by atoms with Crippen LogP contribution in [0.4, 0.5) is 8.78 Å². The van der Waals surface area contributed by atoms with Crippen LogP contribution in [0, 0.1) is 18.6 Å². The second-order valence-electron chi connectivity index (χ2n) is 6.48. The van der Waals surface area contributed by atoms with E-state index in [-0.39, 0.29) is 37.0 Å². The first kappa shape index (κ1) is 20.2. The van der Waals surface area contributed by atoms with Gasteiger partial charge in [0.25, 0.3) is 5.91 Å². The van der Waals surface area contributed by atoms with E-state index in [0.717, 1.165) is 22.0 Å². The average Bonchev–Trinajstić information content (AvgIpc) is 2.69. The number of benzene rings is 2. The first-order valence-corrected chi connectivity index (χ1v) is 10.1. The standard InChI is InChI=1S/C19H20F2N2O4S/c1-13-3-6-18(27-2)15(11-13)19(24)22-7-9-23(10-8-22)28(25,26)14-4-5-16(20)17(21)12-14/h3-6,11-12H,7-10H2,1-2H3. The molecule has 0 radical (unpaired) electrons. The van der Waals surface area contributed by atoms with Crippen LogP contribution in [0.15, 0.2) is 41.3 Å². The van der Waals surface area contributed by atoms with E-state index >= 15 is 0 Å². The minimum Gasteiger partial charge on any atom is -0.496 e. The third-order valence-corrected chi connectivity index (χ3v) is 6.53. The number of nitrogens with zero attached hydrogens (tertiary/aromatic N) is 2. The molecule has 0 atom stereocenters. The van der Waals surface area contributed by atoms with E-state index in [1.54, 1.807) is 17.0 Å². The molecule has 0 N–H and O–H groups in total. The SMILES string of the molecule is COc1ccc(C)cc1C(=O)N1CCN(S(=O)(=O)c2ccc(F)c(F)c2)CC1. The molecule has 0 spiro atoms. The van der Waals surface area contributed by atoms with Crippen molar-refractivity contribution in [2.24, 2.45) is 0 Å². The third-order valence-electron chi connectivity index (χ3n) is 4.64. The Hall–Kier alpha value is -2.52. The molecule has 3 rings (SSSR count). The molecule has 9 heteroatoms. The normalized spacial score (nSPS) is 15.5. The van der Waals surface area contributed by atoms with Gasteiger partial charge in [-0.05, 0) is 37.3 Å². The number of piperazine rings is 1. The molecule has 2 aromatic carbocycles. The summed E-state index contributed by atoms with van der Waals surface area (Å²) in [7, 11) is -2.49. The molecule has 1 aliphatic rings. The van der Waals surface area contributed by atoms with Crippen molar-refractivity contribution in [2.75, 3.05) is 33.3 Å². The van der Waals surface area contributed by atoms with E-state index < -0.39 is 21.7 Å². The number of amides is 1. The summed E-state index contributed by atoms with van der Waals surface area (Å²) in [4.78, 5) is 14.1. The van der Waals surface area contributed by atoms with Crippen molar-refractivity contribution in [3.05, 3.63) is 59.2 Å². The summed E-state index contributed by atoms with van der Waals surface area (Å²) in [6, 6.07) is 7.76. The minimum absolute atomic E-state index is 0.0567. The van der Waals surface area contributed by atoms with Crippen molar-refractivity contribution in [1.82, 2.24) is 9.21 Å². The van der Waals surface area contributed by atoms with Gasteiger partial charge in [-0.2, -0.15) is 4.31 Å². The van der Waals surface area contributed by atoms with Crippen LogP contribution < -0.4 is 4.74 Å². The predicted molar refractivity (Wildman–Crippen MR) is 98.8 cm³/mol. The smallest absolute Gasteiger partial charge is 0.257 e. The maximum atomic E-state index is 13.4. The number of sulfonamides is 1. The molecule has 1 heterocycles. The van der Waals surface area contributed by atoms with Gasteiger partial charge in [-0.1, -0.05) is 11.6 Å². The molecule has 0 aromatic heterocycles. The predicted octanol–water partition coefficient (Wildman–Crippen LogP) is 2.43. The van der Waals surface area contributed by atoms with Gasteiger partial charge in [0.1, 0.15) is 5.75 Å². The van der Waals surface area contributed by atoms with Gasteiger partial charge in [-0.15, -0.1) is 0 Å². The van der Waals surface area contributed by atoms with Crippen molar-refractivity contribution < 1.29 is 26.7 Å². The van der Waals surface area contributed by atoms with E-state index in [1.165, 1.54) is 7.11 Å². The maximum Gasteiger partial charge on any atom is 0.257 e. The van der Waals surface area contributed by atoms with Crippen LogP contribution in [-0.2, 0) is 10.0 Å². The first-order chi connectivity index (χ1) is 13.2. The van der Waals surface area contributed by atoms with E-state index in [4.69, 9.17) is 4.74 Å². The Labute approximate surface area is 162 Å². The number of hydrogen-bond acceptors (Lipinski definition) is 4. The van der Waals surface area contributed by atoms with Gasteiger partial charge >= 0.3 is 0 Å². The van der Waals surface area contributed by atoms with Crippen molar-refractivity contribution in [3.63, 3.8) is 0 Å². The number of halogens is 2. The number of methoxy groups -OCH3 is 1. The molecule has 28 heavy (non-hydrogen) atoms. The Kier molecular flexibility index (Phi) is 5.66. The fraction of sp³-hybridized carbons (Fsp3) is 0.316. The van der Waals surface area contributed by atoms with Gasteiger partial charge in [0.2, 0.25) is 10.0 Å². The summed E-state index contributed by atoms with van der Waals surface area (Å²) in [6.07, 6.45) is 0. The molecule has 0 saturated carbocycles. The van der Waals surface area contributed by atoms with Crippen LogP contribution in [0.25, 0.3) is 0 Å². The van der Waals surface area contributed by atoms with Gasteiger partial charge in [0.05, 0.1) is 17.6 Å². The number of carbonyl (C=O) groups excluding carboxylic acids is 1. The van der Waals surface area contributed by atoms with E-state index in [0.29, 0.717) is 17.4 Å². The highest BCUT2D eigenvalue weighted by atomic mass is 32.2. The number of hydrogen-bond donors (Lipinski definition) is 0. The minimum atomic E-state index is -3.97. The zero-order chi connectivity index (χ0) is 20.5. The summed E-state index contributed by atoms with van der Waals surface area (Å²) in [5, 5.41) is 0. The molecule has 1 fully saturated rings. The zero-order valence-electron chi connectivity index (χ0n) is 15.5. The molecule has 1 amide bonds. The Morgan fingerprint density at radius 1 is 1.00 bits per heavy atom. The van der Waals surface area contributed by atoms with Crippen LogP contribution in [0.2, 0.25) is 0 Å². The maximum absolute atomic E-state index is 13.4. The van der Waals surface area contributed by atoms with Crippen molar-refractivity contribution in [2.45, 2.75) is 11.8 Å². The van der Waals surface area contributed by atoms with Gasteiger partial charge in [0.15, 0.2) is 11.6 Å². The van der Waals surface area contributed by atoms with Gasteiger partial charge in [0, 0.05) is 26.2 Å². The lowest BCUT2D eigenvalue weighted by molar-refractivity contribution is 0.0694. The highest BCUT2D eigenvalue weighted by Crippen LogP contribution is 2.24. The van der Waals surface area contributed by atoms with Crippen LogP contribution >= 0.6 is 0 Å². The fourth-order valence-electron chi connectivity index (χ4n) is 3.08. The third kappa shape index (κ3) is 3.85. The molecule has 0 unspecified atom stereocenters. The Balaban J connectivity index is 1.74. The number of rotatable bonds is 4. The molecule has 2 aromatic rings. The number of aryl methyl sites for hydroxylation is 1. The molecule has 6 nitrogen and oxygen atoms in total. The topological polar surface area (TPSA) is 66.9 Å². The van der Waals surface area contributed by atoms with Crippen LogP contribution in [-0.4, -0.2) is 56.8 Å². The number of ether oxygens (including phenoxy) is 1. The molecular weight excluding hydrogens is 390 g/mol. The summed E-state index contributed by atoms with van der Waals surface area (Å²) >= 11 is 0. The molecule has 0 aliphatic carbocycles. The molecule has 1 saturated heterocycles. The summed E-state index contributed by atoms with van der Waals surface area (Å²) in [6.45, 7) is 2.34. The van der Waals surface area contributed by atoms with Crippen molar-refractivity contribution in [1.29, 1.82) is 0 Å². The largest absolute Gasteiger partial charge is 0.496 e. The van der Waals surface area contributed by atoms with Gasteiger partial charge < -0.3 is 9.64 Å². The van der Waals surface area contributed by atoms with E-state index in [1.807, 2.05) is 13.0 Å². The summed E-state index contributed by atoms with van der Waals surface area (Å²) in [5.41, 5.74) is 1.32. The van der Waals surface area contributed by atoms with Crippen LogP contribution in [0.3, 0.4) is 0 Å². The average molecular weight is 410 g/mol. The molecule has 0 bridgehead atoms. The summed E-state index contributed by atoms with van der Waals surface area (Å²) in [5.74, 6) is -2.12. The molecule has 150 valence electrons. The lowest BCUT2D eigenvalue weighted by Gasteiger charge is -2.34. The highest BCUT2D eigenvalue weighted by Gasteiger charge is 2.31. The quantitative estimate of drug-likeness (QED) is 0.777. The second kappa shape index (κ2) is 7.84. The monoisotopic (exact) mass is 410 g/mol. The lowest BCUT2D eigenvalue weighted by Crippen LogP contribution is -2.50. The van der Waals surface area contributed by atoms with E-state index in [9.17, 15) is 22.0 Å². The van der Waals surface area contributed by atoms with Crippen molar-refractivity contribution >= 4 is 15.9 Å². The van der Waals surface area contributed by atoms with Crippen LogP contribution in [0.1, 0.15) is 15.9 Å². The number of carbonyl (C=O) groups is 1. The zero-order valence-corrected chi connectivity index (χ0v) is 16.3. The molecular formula is C19H20F2N2O4S. The first-order valence-electron chi connectivity index (χ1n) is 8.63. The highest BCUT2D eigenvalue weighted by molar-refractivity contribution is 7.89.